The van der Waals surface area contributed by atoms with Gasteiger partial charge < -0.3 is 10.1 Å². The summed E-state index contributed by atoms with van der Waals surface area (Å²) in [5, 5.41) is 3.73. The number of hydrogen-bond acceptors (Lipinski definition) is 7. The summed E-state index contributed by atoms with van der Waals surface area (Å²) in [5.41, 5.74) is 1.37. The molecule has 0 saturated heterocycles. The van der Waals surface area contributed by atoms with Gasteiger partial charge in [-0.15, -0.1) is 11.3 Å². The summed E-state index contributed by atoms with van der Waals surface area (Å²) in [5.74, 6) is -2.61. The lowest BCUT2D eigenvalue weighted by Crippen LogP contribution is -2.27. The smallest absolute Gasteiger partial charge is 0.235 e. The van der Waals surface area contributed by atoms with Crippen LogP contribution < -0.4 is 10.1 Å². The number of rotatable bonds is 5. The third-order valence-electron chi connectivity index (χ3n) is 6.70. The quantitative estimate of drug-likeness (QED) is 0.280. The van der Waals surface area contributed by atoms with E-state index in [9.17, 15) is 18.0 Å². The molecule has 1 aromatic carbocycles. The number of halogens is 3. The number of nitrogens with zero attached hydrogens (tertiary/aromatic N) is 5. The van der Waals surface area contributed by atoms with Gasteiger partial charge in [-0.05, 0) is 52.0 Å². The first-order valence-electron chi connectivity index (χ1n) is 12.0. The summed E-state index contributed by atoms with van der Waals surface area (Å²) in [4.78, 5) is 32.2. The number of pyridine rings is 1. The molecule has 1 aliphatic rings. The van der Waals surface area contributed by atoms with Crippen molar-refractivity contribution in [3.63, 3.8) is 0 Å². The molecule has 0 atom stereocenters. The highest BCUT2D eigenvalue weighted by atomic mass is 32.1. The Morgan fingerprint density at radius 2 is 1.85 bits per heavy atom. The van der Waals surface area contributed by atoms with E-state index in [2.05, 4.69) is 15.3 Å². The summed E-state index contributed by atoms with van der Waals surface area (Å²) >= 11 is 1.46. The predicted molar refractivity (Wildman–Crippen MR) is 139 cm³/mol. The second-order valence-electron chi connectivity index (χ2n) is 9.66. The van der Waals surface area contributed by atoms with E-state index in [1.807, 2.05) is 20.8 Å². The van der Waals surface area contributed by atoms with Crippen LogP contribution in [0.1, 0.15) is 35.7 Å². The number of aryl methyl sites for hydroxylation is 2. The number of ether oxygens (including phenoxy) is 1. The molecular weight excluding hydrogens is 529 g/mol. The van der Waals surface area contributed by atoms with Gasteiger partial charge in [-0.1, -0.05) is 0 Å². The Hall–Kier alpha value is -4.32. The van der Waals surface area contributed by atoms with Gasteiger partial charge in [0.2, 0.25) is 5.91 Å². The number of benzene rings is 1. The van der Waals surface area contributed by atoms with E-state index in [1.165, 1.54) is 11.3 Å². The Morgan fingerprint density at radius 1 is 1.08 bits per heavy atom. The molecule has 5 heterocycles. The van der Waals surface area contributed by atoms with Crippen molar-refractivity contribution in [1.82, 2.24) is 24.3 Å². The third-order valence-corrected chi connectivity index (χ3v) is 7.62. The average Bonchev–Trinajstić information content (AvgIpc) is 3.54. The van der Waals surface area contributed by atoms with Gasteiger partial charge in [0, 0.05) is 18.0 Å². The monoisotopic (exact) mass is 550 g/mol. The van der Waals surface area contributed by atoms with Crippen LogP contribution in [0.4, 0.5) is 19.0 Å². The zero-order valence-electron chi connectivity index (χ0n) is 21.3. The highest BCUT2D eigenvalue weighted by Crippen LogP contribution is 2.44. The minimum atomic E-state index is -1.30. The topological polar surface area (TPSA) is 94.3 Å². The standard InChI is InChI=1S/C27H21F3N6O2S/c1-12-22(24-33-21(18-10-31-13(2)39-18)19-23(34-24)35-26(37)27(19,3)4)36-9-5-6-17(25(36)32-12)38-11-14-15(28)7-8-16(29)20(14)30/h5-10H,11H2,1-4H3,(H,33,34,35,37). The number of thiazole rings is 1. The number of fused-ring (bicyclic) bond motifs is 2. The lowest BCUT2D eigenvalue weighted by molar-refractivity contribution is -0.119. The highest BCUT2D eigenvalue weighted by Gasteiger charge is 2.43. The summed E-state index contributed by atoms with van der Waals surface area (Å²) in [7, 11) is 0. The molecule has 0 radical (unpaired) electrons. The van der Waals surface area contributed by atoms with Crippen LogP contribution >= 0.6 is 11.3 Å². The molecule has 8 nitrogen and oxygen atoms in total. The molecule has 4 aromatic heterocycles. The summed E-state index contributed by atoms with van der Waals surface area (Å²) in [6, 6.07) is 4.85. The van der Waals surface area contributed by atoms with Gasteiger partial charge in [0.25, 0.3) is 0 Å². The molecule has 1 amide bonds. The molecule has 0 bridgehead atoms. The number of carbonyl (C=O) groups is 1. The fourth-order valence-electron chi connectivity index (χ4n) is 4.66. The lowest BCUT2D eigenvalue weighted by Gasteiger charge is -2.18. The maximum atomic E-state index is 14.2. The van der Waals surface area contributed by atoms with Crippen molar-refractivity contribution in [3.05, 3.63) is 75.9 Å². The molecule has 0 fully saturated rings. The second kappa shape index (κ2) is 8.87. The molecule has 0 aliphatic carbocycles. The van der Waals surface area contributed by atoms with Gasteiger partial charge in [-0.2, -0.15) is 0 Å². The zero-order valence-corrected chi connectivity index (χ0v) is 22.1. The first kappa shape index (κ1) is 25.0. The van der Waals surface area contributed by atoms with E-state index in [0.29, 0.717) is 39.9 Å². The van der Waals surface area contributed by atoms with Gasteiger partial charge >= 0.3 is 0 Å². The van der Waals surface area contributed by atoms with Crippen LogP contribution in [0, 0.1) is 31.3 Å². The Kier molecular flexibility index (Phi) is 5.68. The molecule has 0 saturated carbocycles. The first-order valence-corrected chi connectivity index (χ1v) is 12.8. The van der Waals surface area contributed by atoms with E-state index in [4.69, 9.17) is 14.7 Å². The minimum absolute atomic E-state index is 0.186. The maximum absolute atomic E-state index is 14.2. The summed E-state index contributed by atoms with van der Waals surface area (Å²) in [6.45, 7) is 6.77. The van der Waals surface area contributed by atoms with Crippen molar-refractivity contribution in [2.24, 2.45) is 0 Å². The van der Waals surface area contributed by atoms with Crippen molar-refractivity contribution in [1.29, 1.82) is 0 Å². The van der Waals surface area contributed by atoms with Crippen LogP contribution in [0.3, 0.4) is 0 Å². The molecule has 12 heteroatoms. The van der Waals surface area contributed by atoms with E-state index < -0.39 is 35.0 Å². The van der Waals surface area contributed by atoms with Crippen molar-refractivity contribution >= 4 is 28.7 Å². The maximum Gasteiger partial charge on any atom is 0.235 e. The number of hydrogen-bond donors (Lipinski definition) is 1. The Balaban J connectivity index is 1.47. The fraction of sp³-hybridized carbons (Fsp3) is 0.222. The predicted octanol–water partition coefficient (Wildman–Crippen LogP) is 5.76. The number of amides is 1. The van der Waals surface area contributed by atoms with Gasteiger partial charge in [-0.25, -0.2) is 33.1 Å². The number of nitrogens with one attached hydrogen (secondary N) is 1. The molecule has 198 valence electrons. The molecule has 39 heavy (non-hydrogen) atoms. The molecule has 0 unspecified atom stereocenters. The normalized spacial score (nSPS) is 14.1. The number of aromatic nitrogens is 5. The molecular formula is C27H21F3N6O2S. The van der Waals surface area contributed by atoms with Crippen LogP contribution in [0.25, 0.3) is 27.7 Å². The van der Waals surface area contributed by atoms with E-state index in [-0.39, 0.29) is 11.7 Å². The fourth-order valence-corrected chi connectivity index (χ4v) is 5.44. The van der Waals surface area contributed by atoms with Crippen LogP contribution in [0.2, 0.25) is 0 Å². The number of imidazole rings is 1. The van der Waals surface area contributed by atoms with Crippen molar-refractivity contribution in [2.45, 2.75) is 39.7 Å². The van der Waals surface area contributed by atoms with Crippen LogP contribution in [0.5, 0.6) is 5.75 Å². The van der Waals surface area contributed by atoms with E-state index in [1.54, 1.807) is 35.9 Å². The van der Waals surface area contributed by atoms with E-state index in [0.717, 1.165) is 22.0 Å². The van der Waals surface area contributed by atoms with Crippen LogP contribution in [0.15, 0.2) is 36.7 Å². The molecule has 1 aliphatic heterocycles. The van der Waals surface area contributed by atoms with Crippen molar-refractivity contribution in [3.8, 4) is 27.8 Å². The Morgan fingerprint density at radius 3 is 2.59 bits per heavy atom. The Bertz CT molecular complexity index is 1810. The Labute approximate surface area is 224 Å². The zero-order chi connectivity index (χ0) is 27.6. The molecule has 5 aromatic rings. The average molecular weight is 551 g/mol. The van der Waals surface area contributed by atoms with Crippen molar-refractivity contribution in [2.75, 3.05) is 5.32 Å². The number of anilines is 1. The van der Waals surface area contributed by atoms with Crippen molar-refractivity contribution < 1.29 is 22.7 Å². The number of carbonyl (C=O) groups excluding carboxylic acids is 1. The third kappa shape index (κ3) is 3.94. The van der Waals surface area contributed by atoms with Gasteiger partial charge in [0.05, 0.1) is 32.3 Å². The van der Waals surface area contributed by atoms with Crippen LogP contribution in [-0.4, -0.2) is 30.2 Å². The summed E-state index contributed by atoms with van der Waals surface area (Å²) < 4.78 is 49.4. The SMILES string of the molecule is Cc1ncc(-c2nc(-c3c(C)nc4c(OCc5c(F)ccc(F)c5F)cccn34)nc3c2C(C)(C)C(=O)N3)s1. The molecule has 0 spiro atoms. The van der Waals surface area contributed by atoms with Gasteiger partial charge in [0.15, 0.2) is 28.9 Å². The first-order chi connectivity index (χ1) is 18.6. The lowest BCUT2D eigenvalue weighted by atomic mass is 9.85. The summed E-state index contributed by atoms with van der Waals surface area (Å²) in [6.07, 6.45) is 3.46. The second-order valence-corrected chi connectivity index (χ2v) is 10.9. The minimum Gasteiger partial charge on any atom is -0.485 e. The van der Waals surface area contributed by atoms with Gasteiger partial charge in [0.1, 0.15) is 23.9 Å². The van der Waals surface area contributed by atoms with E-state index >= 15 is 0 Å². The largest absolute Gasteiger partial charge is 0.485 e. The van der Waals surface area contributed by atoms with Crippen LogP contribution in [-0.2, 0) is 16.8 Å². The molecule has 6 rings (SSSR count). The van der Waals surface area contributed by atoms with Gasteiger partial charge in [-0.3, -0.25) is 9.20 Å². The molecule has 1 N–H and O–H groups in total. The highest BCUT2D eigenvalue weighted by molar-refractivity contribution is 7.15.